The fourth-order valence-corrected chi connectivity index (χ4v) is 5.49. The highest BCUT2D eigenvalue weighted by molar-refractivity contribution is 8.61. The molecule has 102 valence electrons. The van der Waals surface area contributed by atoms with E-state index < -0.39 is 5.47 Å². The maximum absolute atomic E-state index is 5.88. The van der Waals surface area contributed by atoms with Gasteiger partial charge >= 0.3 is 0 Å². The molecule has 1 fully saturated rings. The lowest BCUT2D eigenvalue weighted by Gasteiger charge is -2.28. The predicted molar refractivity (Wildman–Crippen MR) is 83.6 cm³/mol. The van der Waals surface area contributed by atoms with Crippen molar-refractivity contribution in [1.29, 1.82) is 0 Å². The molecule has 17 heavy (non-hydrogen) atoms. The van der Waals surface area contributed by atoms with E-state index in [-0.39, 0.29) is 0 Å². The molecule has 1 unspecified atom stereocenters. The van der Waals surface area contributed by atoms with Gasteiger partial charge in [-0.15, -0.1) is 12.2 Å². The monoisotopic (exact) mass is 296 g/mol. The lowest BCUT2D eigenvalue weighted by atomic mass is 9.91. The zero-order chi connectivity index (χ0) is 12.9. The van der Waals surface area contributed by atoms with Crippen LogP contribution < -0.4 is 0 Å². The van der Waals surface area contributed by atoms with Gasteiger partial charge in [0.1, 0.15) is 18.6 Å². The van der Waals surface area contributed by atoms with Crippen LogP contribution in [-0.2, 0) is 16.3 Å². The van der Waals surface area contributed by atoms with Crippen LogP contribution in [0.5, 0.6) is 0 Å². The van der Waals surface area contributed by atoms with Gasteiger partial charge in [-0.3, -0.25) is 0 Å². The minimum atomic E-state index is -1.83. The van der Waals surface area contributed by atoms with E-state index in [0.717, 1.165) is 29.7 Å². The number of thiol groups is 1. The van der Waals surface area contributed by atoms with Gasteiger partial charge in [0.15, 0.2) is 0 Å². The number of hydrogen-bond acceptors (Lipinski definition) is 2. The lowest BCUT2D eigenvalue weighted by Crippen LogP contribution is -2.37. The third-order valence-corrected chi connectivity index (χ3v) is 6.43. The first kappa shape index (κ1) is 16.0. The van der Waals surface area contributed by atoms with E-state index in [0.29, 0.717) is 0 Å². The van der Waals surface area contributed by atoms with Crippen LogP contribution in [0.15, 0.2) is 0 Å². The molecule has 1 saturated carbocycles. The van der Waals surface area contributed by atoms with Crippen molar-refractivity contribution < 1.29 is 9.01 Å². The van der Waals surface area contributed by atoms with Crippen LogP contribution in [0.25, 0.3) is 0 Å². The second kappa shape index (κ2) is 6.91. The Kier molecular flexibility index (Phi) is 6.49. The second-order valence-corrected chi connectivity index (χ2v) is 12.6. The van der Waals surface area contributed by atoms with Crippen molar-refractivity contribution in [3.63, 3.8) is 0 Å². The molecule has 0 spiro atoms. The van der Waals surface area contributed by atoms with E-state index in [9.17, 15) is 0 Å². The smallest absolute Gasteiger partial charge is 0.117 e. The van der Waals surface area contributed by atoms with Crippen molar-refractivity contribution in [2.75, 3.05) is 40.5 Å². The first-order chi connectivity index (χ1) is 7.79. The molecule has 1 aliphatic rings. The standard InChI is InChI=1S/C12H26NOPS2/c1-13(2,3)9-10-14-15(16,17)11-12-7-5-4-6-8-12/h12H,4-11H2,1-3H3/p+1. The number of likely N-dealkylation sites (N-methyl/N-ethyl adjacent to an activating group) is 1. The third kappa shape index (κ3) is 7.84. The van der Waals surface area contributed by atoms with E-state index in [1.807, 2.05) is 0 Å². The summed E-state index contributed by atoms with van der Waals surface area (Å²) in [6.45, 7) is 1.75. The minimum absolute atomic E-state index is 0.747. The van der Waals surface area contributed by atoms with Crippen LogP contribution >= 0.6 is 17.7 Å². The van der Waals surface area contributed by atoms with Crippen LogP contribution in [0.4, 0.5) is 0 Å². The van der Waals surface area contributed by atoms with Crippen LogP contribution in [-0.4, -0.2) is 44.9 Å². The van der Waals surface area contributed by atoms with Gasteiger partial charge in [-0.05, 0) is 18.8 Å². The van der Waals surface area contributed by atoms with Crippen LogP contribution in [0.1, 0.15) is 32.1 Å². The molecule has 1 aliphatic carbocycles. The quantitative estimate of drug-likeness (QED) is 0.456. The minimum Gasteiger partial charge on any atom is -0.336 e. The summed E-state index contributed by atoms with van der Waals surface area (Å²) in [6.07, 6.45) is 7.82. The molecule has 0 bridgehead atoms. The average Bonchev–Trinajstić information content (AvgIpc) is 2.15. The predicted octanol–water partition coefficient (Wildman–Crippen LogP) is 3.53. The van der Waals surface area contributed by atoms with Crippen LogP contribution in [0, 0.1) is 5.92 Å². The number of nitrogens with zero attached hydrogens (tertiary/aromatic N) is 1. The molecule has 0 radical (unpaired) electrons. The topological polar surface area (TPSA) is 9.23 Å². The molecular weight excluding hydrogens is 269 g/mol. The molecule has 1 atom stereocenters. The van der Waals surface area contributed by atoms with E-state index in [2.05, 4.69) is 33.4 Å². The molecule has 0 aliphatic heterocycles. The fourth-order valence-electron chi connectivity index (χ4n) is 2.21. The third-order valence-electron chi connectivity index (χ3n) is 3.27. The zero-order valence-corrected chi connectivity index (χ0v) is 14.0. The van der Waals surface area contributed by atoms with Crippen LogP contribution in [0.2, 0.25) is 0 Å². The highest BCUT2D eigenvalue weighted by atomic mass is 32.9. The highest BCUT2D eigenvalue weighted by Gasteiger charge is 2.22. The molecule has 0 aromatic carbocycles. The molecule has 0 N–H and O–H groups in total. The Morgan fingerprint density at radius 2 is 1.82 bits per heavy atom. The molecule has 1 rings (SSSR count). The van der Waals surface area contributed by atoms with Crippen molar-refractivity contribution in [3.8, 4) is 0 Å². The molecule has 2 nitrogen and oxygen atoms in total. The lowest BCUT2D eigenvalue weighted by molar-refractivity contribution is -0.870. The van der Waals surface area contributed by atoms with Gasteiger partial charge < -0.3 is 9.01 Å². The Hall–Kier alpha value is 0.920. The number of hydrogen-bond donors (Lipinski definition) is 1. The van der Waals surface area contributed by atoms with Crippen molar-refractivity contribution in [3.05, 3.63) is 0 Å². The summed E-state index contributed by atoms with van der Waals surface area (Å²) in [6, 6.07) is 0. The Morgan fingerprint density at radius 1 is 1.24 bits per heavy atom. The van der Waals surface area contributed by atoms with E-state index >= 15 is 0 Å². The summed E-state index contributed by atoms with van der Waals surface area (Å²) in [5.74, 6) is 0.774. The summed E-state index contributed by atoms with van der Waals surface area (Å²) in [7, 11) is 6.52. The second-order valence-electron chi connectivity index (χ2n) is 6.17. The number of rotatable bonds is 6. The maximum Gasteiger partial charge on any atom is 0.117 e. The van der Waals surface area contributed by atoms with Crippen molar-refractivity contribution in [2.45, 2.75) is 32.1 Å². The molecule has 0 saturated heterocycles. The maximum atomic E-state index is 5.88. The van der Waals surface area contributed by atoms with Crippen molar-refractivity contribution in [1.82, 2.24) is 0 Å². The van der Waals surface area contributed by atoms with Gasteiger partial charge in [0.2, 0.25) is 0 Å². The molecule has 0 heterocycles. The summed E-state index contributed by atoms with van der Waals surface area (Å²) < 4.78 is 6.81. The SMILES string of the molecule is C[N+](C)(C)CCOP(=S)(S)CC1CCCCC1. The van der Waals surface area contributed by atoms with Crippen molar-refractivity contribution in [2.24, 2.45) is 5.92 Å². The van der Waals surface area contributed by atoms with E-state index in [1.165, 1.54) is 32.1 Å². The van der Waals surface area contributed by atoms with Crippen LogP contribution in [0.3, 0.4) is 0 Å². The zero-order valence-electron chi connectivity index (χ0n) is 11.4. The molecule has 0 amide bonds. The molecular formula is C12H27NOPS2+. The molecule has 0 aromatic rings. The molecule has 0 aromatic heterocycles. The van der Waals surface area contributed by atoms with E-state index in [1.54, 1.807) is 0 Å². The highest BCUT2D eigenvalue weighted by Crippen LogP contribution is 2.55. The fraction of sp³-hybridized carbons (Fsp3) is 1.00. The Morgan fingerprint density at radius 3 is 2.35 bits per heavy atom. The van der Waals surface area contributed by atoms with Gasteiger partial charge in [-0.25, -0.2) is 0 Å². The summed E-state index contributed by atoms with van der Waals surface area (Å²) in [5.41, 5.74) is -1.83. The normalized spacial score (nSPS) is 22.4. The summed E-state index contributed by atoms with van der Waals surface area (Å²) in [5, 5.41) is 0. The van der Waals surface area contributed by atoms with Gasteiger partial charge in [-0.2, -0.15) is 0 Å². The first-order valence-electron chi connectivity index (χ1n) is 6.55. The summed E-state index contributed by atoms with van der Waals surface area (Å²) in [4.78, 5) is 0. The Labute approximate surface area is 117 Å². The Bertz CT molecular complexity index is 272. The van der Waals surface area contributed by atoms with Crippen molar-refractivity contribution >= 4 is 29.5 Å². The first-order valence-corrected chi connectivity index (χ1v) is 10.6. The van der Waals surface area contributed by atoms with Gasteiger partial charge in [0, 0.05) is 6.16 Å². The number of quaternary nitrogens is 1. The summed E-state index contributed by atoms with van der Waals surface area (Å²) >= 11 is 10.2. The Balaban J connectivity index is 2.27. The van der Waals surface area contributed by atoms with Gasteiger partial charge in [0.05, 0.1) is 21.1 Å². The van der Waals surface area contributed by atoms with Gasteiger partial charge in [0.25, 0.3) is 0 Å². The molecule has 5 heteroatoms. The van der Waals surface area contributed by atoms with Gasteiger partial charge in [-0.1, -0.05) is 31.1 Å². The van der Waals surface area contributed by atoms with E-state index in [4.69, 9.17) is 16.3 Å². The average molecular weight is 296 g/mol. The largest absolute Gasteiger partial charge is 0.336 e.